The summed E-state index contributed by atoms with van der Waals surface area (Å²) in [5.74, 6) is 0. The van der Waals surface area contributed by atoms with Crippen LogP contribution in [0, 0.1) is 0 Å². The second-order valence-corrected chi connectivity index (χ2v) is 9.40. The topological polar surface area (TPSA) is 17.1 Å². The van der Waals surface area contributed by atoms with E-state index in [2.05, 4.69) is 62.4 Å². The van der Waals surface area contributed by atoms with E-state index in [4.69, 9.17) is 0 Å². The minimum atomic E-state index is 0.109. The molecule has 2 heteroatoms. The molecule has 0 amide bonds. The standard InChI is InChI=1S/C25H28OSe/c1-3-5-7-19-9-13-21(14-10-19)24-17-23(26)18-25(27-24)22-15-11-20(12-16-22)8-6-4-2/h9-18H,3-8H2,1-2H3. The van der Waals surface area contributed by atoms with Crippen molar-refractivity contribution in [3.8, 4) is 20.0 Å². The minimum absolute atomic E-state index is 0.109. The van der Waals surface area contributed by atoms with Crippen molar-refractivity contribution in [2.24, 2.45) is 0 Å². The molecule has 1 nitrogen and oxygen atoms in total. The van der Waals surface area contributed by atoms with Crippen LogP contribution in [-0.2, 0) is 12.8 Å². The molecule has 0 aliphatic rings. The van der Waals surface area contributed by atoms with Gasteiger partial charge in [0.05, 0.1) is 0 Å². The second kappa shape index (κ2) is 9.87. The Morgan fingerprint density at radius 3 is 1.44 bits per heavy atom. The third-order valence-electron chi connectivity index (χ3n) is 4.88. The van der Waals surface area contributed by atoms with E-state index < -0.39 is 0 Å². The van der Waals surface area contributed by atoms with Crippen LogP contribution in [-0.4, -0.2) is 14.5 Å². The predicted molar refractivity (Wildman–Crippen MR) is 118 cm³/mol. The molecule has 0 aliphatic carbocycles. The van der Waals surface area contributed by atoms with Gasteiger partial charge >= 0.3 is 169 Å². The van der Waals surface area contributed by atoms with E-state index in [9.17, 15) is 4.79 Å². The zero-order valence-corrected chi connectivity index (χ0v) is 18.0. The Kier molecular flexibility index (Phi) is 7.26. The molecule has 0 aliphatic heterocycles. The van der Waals surface area contributed by atoms with Crippen molar-refractivity contribution < 1.29 is 0 Å². The van der Waals surface area contributed by atoms with Gasteiger partial charge in [-0.1, -0.05) is 0 Å². The molecule has 0 bridgehead atoms. The first-order valence-corrected chi connectivity index (χ1v) is 11.7. The van der Waals surface area contributed by atoms with Gasteiger partial charge in [0.25, 0.3) is 0 Å². The normalized spacial score (nSPS) is 10.9. The quantitative estimate of drug-likeness (QED) is 0.399. The number of hydrogen-bond acceptors (Lipinski definition) is 1. The van der Waals surface area contributed by atoms with Crippen LogP contribution in [0.5, 0.6) is 0 Å². The Hall–Kier alpha value is -1.89. The molecule has 0 saturated heterocycles. The second-order valence-electron chi connectivity index (χ2n) is 7.12. The number of aryl methyl sites for hydroxylation is 2. The average molecular weight is 423 g/mol. The Bertz CT molecular complexity index is 832. The van der Waals surface area contributed by atoms with E-state index in [1.54, 1.807) is 0 Å². The molecule has 0 radical (unpaired) electrons. The molecule has 2 aromatic carbocycles. The fraction of sp³-hybridized carbons (Fsp3) is 0.320. The van der Waals surface area contributed by atoms with Crippen molar-refractivity contribution in [3.05, 3.63) is 82.0 Å². The molecule has 3 rings (SSSR count). The summed E-state index contributed by atoms with van der Waals surface area (Å²) in [7, 11) is 0. The first-order chi connectivity index (χ1) is 13.2. The van der Waals surface area contributed by atoms with Gasteiger partial charge in [0, 0.05) is 0 Å². The summed E-state index contributed by atoms with van der Waals surface area (Å²) in [6.07, 6.45) is 7.16. The Balaban J connectivity index is 1.85. The van der Waals surface area contributed by atoms with Gasteiger partial charge in [-0.25, -0.2) is 0 Å². The average Bonchev–Trinajstić information content (AvgIpc) is 2.71. The fourth-order valence-electron chi connectivity index (χ4n) is 3.20. The molecule has 0 atom stereocenters. The van der Waals surface area contributed by atoms with Crippen molar-refractivity contribution in [1.82, 2.24) is 0 Å². The molecule has 0 unspecified atom stereocenters. The Labute approximate surface area is 168 Å². The third-order valence-corrected chi connectivity index (χ3v) is 7.29. The summed E-state index contributed by atoms with van der Waals surface area (Å²) >= 11 is 0.157. The van der Waals surface area contributed by atoms with E-state index in [0.29, 0.717) is 0 Å². The van der Waals surface area contributed by atoms with Crippen molar-refractivity contribution >= 4 is 14.5 Å². The first kappa shape index (κ1) is 19.9. The Morgan fingerprint density at radius 1 is 0.667 bits per heavy atom. The van der Waals surface area contributed by atoms with Gasteiger partial charge < -0.3 is 0 Å². The van der Waals surface area contributed by atoms with Gasteiger partial charge in [-0.15, -0.1) is 0 Å². The van der Waals surface area contributed by atoms with E-state index in [-0.39, 0.29) is 19.9 Å². The van der Waals surface area contributed by atoms with Gasteiger partial charge in [-0.05, 0) is 0 Å². The van der Waals surface area contributed by atoms with Gasteiger partial charge in [-0.2, -0.15) is 0 Å². The molecule has 27 heavy (non-hydrogen) atoms. The van der Waals surface area contributed by atoms with E-state index in [1.807, 2.05) is 12.1 Å². The van der Waals surface area contributed by atoms with Crippen molar-refractivity contribution in [2.75, 3.05) is 0 Å². The number of benzene rings is 2. The summed E-state index contributed by atoms with van der Waals surface area (Å²) in [6.45, 7) is 4.44. The molecule has 3 aromatic rings. The predicted octanol–water partition coefficient (Wildman–Crippen LogP) is 6.12. The van der Waals surface area contributed by atoms with Crippen molar-refractivity contribution in [1.29, 1.82) is 0 Å². The van der Waals surface area contributed by atoms with Crippen LogP contribution in [0.25, 0.3) is 20.0 Å². The monoisotopic (exact) mass is 424 g/mol. The molecule has 0 N–H and O–H groups in total. The fourth-order valence-corrected chi connectivity index (χ4v) is 5.49. The van der Waals surface area contributed by atoms with Crippen LogP contribution >= 0.6 is 0 Å². The van der Waals surface area contributed by atoms with Crippen LogP contribution < -0.4 is 5.43 Å². The number of unbranched alkanes of at least 4 members (excludes halogenated alkanes) is 2. The van der Waals surface area contributed by atoms with Crippen LogP contribution in [0.3, 0.4) is 0 Å². The van der Waals surface area contributed by atoms with Gasteiger partial charge in [0.15, 0.2) is 0 Å². The molecule has 0 spiro atoms. The molecular weight excluding hydrogens is 395 g/mol. The zero-order chi connectivity index (χ0) is 19.1. The van der Waals surface area contributed by atoms with Crippen LogP contribution in [0.2, 0.25) is 0 Å². The van der Waals surface area contributed by atoms with E-state index >= 15 is 0 Å². The number of rotatable bonds is 8. The molecular formula is C25H28OSe. The maximum atomic E-state index is 12.3. The molecule has 140 valence electrons. The van der Waals surface area contributed by atoms with Crippen LogP contribution in [0.15, 0.2) is 65.5 Å². The summed E-state index contributed by atoms with van der Waals surface area (Å²) in [5.41, 5.74) is 5.25. The van der Waals surface area contributed by atoms with E-state index in [0.717, 1.165) is 12.8 Å². The number of hydrogen-bond donors (Lipinski definition) is 0. The molecule has 0 fully saturated rings. The SMILES string of the molecule is CCCCc1ccc(-c2cc(=O)cc(-c3ccc(CCCC)cc3)[se]2)cc1. The van der Waals surface area contributed by atoms with Gasteiger partial charge in [0.1, 0.15) is 0 Å². The maximum absolute atomic E-state index is 12.3. The molecule has 0 saturated carbocycles. The zero-order valence-electron chi connectivity index (χ0n) is 16.3. The third kappa shape index (κ3) is 5.54. The summed E-state index contributed by atoms with van der Waals surface area (Å²) in [6, 6.07) is 21.2. The van der Waals surface area contributed by atoms with Crippen molar-refractivity contribution in [3.63, 3.8) is 0 Å². The molecule has 1 aromatic heterocycles. The summed E-state index contributed by atoms with van der Waals surface area (Å²) < 4.78 is 2.37. The van der Waals surface area contributed by atoms with Crippen molar-refractivity contribution in [2.45, 2.75) is 52.4 Å². The first-order valence-electron chi connectivity index (χ1n) is 10.0. The van der Waals surface area contributed by atoms with Gasteiger partial charge in [0.2, 0.25) is 0 Å². The van der Waals surface area contributed by atoms with Crippen LogP contribution in [0.4, 0.5) is 0 Å². The van der Waals surface area contributed by atoms with Gasteiger partial charge in [-0.3, -0.25) is 0 Å². The van der Waals surface area contributed by atoms with Crippen LogP contribution in [0.1, 0.15) is 50.7 Å². The summed E-state index contributed by atoms with van der Waals surface area (Å²) in [5, 5.41) is 0. The summed E-state index contributed by atoms with van der Waals surface area (Å²) in [4.78, 5) is 12.3. The van der Waals surface area contributed by atoms with E-state index in [1.165, 1.54) is 56.8 Å². The Morgan fingerprint density at radius 2 is 1.07 bits per heavy atom. The molecule has 1 heterocycles.